The van der Waals surface area contributed by atoms with Crippen LogP contribution in [-0.2, 0) is 9.53 Å². The predicted octanol–water partition coefficient (Wildman–Crippen LogP) is 2.05. The van der Waals surface area contributed by atoms with E-state index in [-0.39, 0.29) is 5.97 Å². The van der Waals surface area contributed by atoms with Gasteiger partial charge in [-0.3, -0.25) is 4.79 Å². The maximum atomic E-state index is 11.0. The molecule has 0 amide bonds. The van der Waals surface area contributed by atoms with Crippen molar-refractivity contribution >= 4 is 17.7 Å². The van der Waals surface area contributed by atoms with Crippen molar-refractivity contribution in [2.45, 2.75) is 39.2 Å². The van der Waals surface area contributed by atoms with Crippen LogP contribution in [0.5, 0.6) is 0 Å². The minimum Gasteiger partial charge on any atom is -0.468 e. The highest BCUT2D eigenvalue weighted by atomic mass is 32.2. The van der Waals surface area contributed by atoms with Gasteiger partial charge < -0.3 is 10.5 Å². The van der Waals surface area contributed by atoms with Gasteiger partial charge in [0.25, 0.3) is 0 Å². The van der Waals surface area contributed by atoms with Crippen LogP contribution in [0.2, 0.25) is 0 Å². The van der Waals surface area contributed by atoms with E-state index in [1.165, 1.54) is 20.0 Å². The quantitative estimate of drug-likeness (QED) is 0.515. The summed E-state index contributed by atoms with van der Waals surface area (Å²) in [6.45, 7) is 4.47. The van der Waals surface area contributed by atoms with Gasteiger partial charge in [-0.05, 0) is 30.3 Å². The number of hydrogen-bond donors (Lipinski definition) is 1. The number of methoxy groups -OCH3 is 1. The summed E-state index contributed by atoms with van der Waals surface area (Å²) in [5.74, 6) is 2.57. The van der Waals surface area contributed by atoms with Crippen LogP contribution in [0.3, 0.4) is 0 Å². The van der Waals surface area contributed by atoms with Crippen molar-refractivity contribution in [3.63, 3.8) is 0 Å². The summed E-state index contributed by atoms with van der Waals surface area (Å²) in [5, 5.41) is 0. The maximum absolute atomic E-state index is 11.0. The van der Waals surface area contributed by atoms with Crippen LogP contribution in [-0.4, -0.2) is 30.6 Å². The Bertz CT molecular complexity index is 174. The molecule has 0 fully saturated rings. The van der Waals surface area contributed by atoms with Crippen LogP contribution in [0.1, 0.15) is 33.1 Å². The molecule has 0 radical (unpaired) electrons. The Kier molecular flexibility index (Phi) is 8.91. The summed E-state index contributed by atoms with van der Waals surface area (Å²) in [7, 11) is 1.37. The first-order valence-electron chi connectivity index (χ1n) is 5.49. The Hall–Kier alpha value is -0.220. The van der Waals surface area contributed by atoms with Crippen molar-refractivity contribution in [1.82, 2.24) is 0 Å². The number of carbonyl (C=O) groups is 1. The van der Waals surface area contributed by atoms with Crippen LogP contribution in [0.4, 0.5) is 0 Å². The minimum absolute atomic E-state index is 0.308. The Morgan fingerprint density at radius 2 is 2.00 bits per heavy atom. The third-order valence-corrected chi connectivity index (χ3v) is 3.25. The van der Waals surface area contributed by atoms with Gasteiger partial charge in [0.1, 0.15) is 6.04 Å². The summed E-state index contributed by atoms with van der Waals surface area (Å²) in [5.41, 5.74) is 5.60. The third kappa shape index (κ3) is 8.75. The molecular weight excluding hydrogens is 210 g/mol. The van der Waals surface area contributed by atoms with Crippen LogP contribution in [0, 0.1) is 5.92 Å². The zero-order chi connectivity index (χ0) is 11.7. The van der Waals surface area contributed by atoms with Crippen molar-refractivity contribution in [3.8, 4) is 0 Å². The van der Waals surface area contributed by atoms with Gasteiger partial charge >= 0.3 is 5.97 Å². The Balaban J connectivity index is 3.27. The molecule has 90 valence electrons. The second kappa shape index (κ2) is 9.04. The summed E-state index contributed by atoms with van der Waals surface area (Å²) in [6, 6.07) is -0.451. The van der Waals surface area contributed by atoms with Gasteiger partial charge in [0.2, 0.25) is 0 Å². The molecule has 0 spiro atoms. The molecule has 2 N–H and O–H groups in total. The van der Waals surface area contributed by atoms with Crippen molar-refractivity contribution in [2.75, 3.05) is 18.6 Å². The van der Waals surface area contributed by atoms with E-state index in [9.17, 15) is 4.79 Å². The summed E-state index contributed by atoms with van der Waals surface area (Å²) in [6.07, 6.45) is 3.23. The molecule has 1 atom stereocenters. The first-order valence-corrected chi connectivity index (χ1v) is 6.64. The fraction of sp³-hybridized carbons (Fsp3) is 0.909. The lowest BCUT2D eigenvalue weighted by atomic mass is 10.1. The molecule has 3 nitrogen and oxygen atoms in total. The molecule has 0 aliphatic heterocycles. The molecule has 0 saturated carbocycles. The molecule has 15 heavy (non-hydrogen) atoms. The smallest absolute Gasteiger partial charge is 0.322 e. The number of carbonyl (C=O) groups excluding carboxylic acids is 1. The van der Waals surface area contributed by atoms with E-state index in [2.05, 4.69) is 18.6 Å². The topological polar surface area (TPSA) is 52.3 Å². The summed E-state index contributed by atoms with van der Waals surface area (Å²) >= 11 is 1.86. The second-order valence-electron chi connectivity index (χ2n) is 4.07. The van der Waals surface area contributed by atoms with Gasteiger partial charge in [0.05, 0.1) is 7.11 Å². The Morgan fingerprint density at radius 1 is 1.33 bits per heavy atom. The minimum atomic E-state index is -0.451. The largest absolute Gasteiger partial charge is 0.468 e. The monoisotopic (exact) mass is 233 g/mol. The molecule has 1 unspecified atom stereocenters. The molecule has 4 heteroatoms. The molecule has 0 aromatic heterocycles. The lowest BCUT2D eigenvalue weighted by Crippen LogP contribution is -2.32. The lowest BCUT2D eigenvalue weighted by Gasteiger charge is -2.08. The first-order chi connectivity index (χ1) is 7.07. The average molecular weight is 233 g/mol. The zero-order valence-corrected chi connectivity index (χ0v) is 10.8. The number of thioether (sulfide) groups is 1. The van der Waals surface area contributed by atoms with E-state index in [0.29, 0.717) is 6.42 Å². The van der Waals surface area contributed by atoms with Gasteiger partial charge in [-0.25, -0.2) is 0 Å². The van der Waals surface area contributed by atoms with Gasteiger partial charge in [-0.1, -0.05) is 20.3 Å². The van der Waals surface area contributed by atoms with Crippen LogP contribution < -0.4 is 5.73 Å². The van der Waals surface area contributed by atoms with E-state index < -0.39 is 6.04 Å². The summed E-state index contributed by atoms with van der Waals surface area (Å²) < 4.78 is 4.55. The highest BCUT2D eigenvalue weighted by Crippen LogP contribution is 2.11. The Morgan fingerprint density at radius 3 is 2.53 bits per heavy atom. The molecule has 0 saturated heterocycles. The van der Waals surface area contributed by atoms with Crippen molar-refractivity contribution in [1.29, 1.82) is 0 Å². The average Bonchev–Trinajstić information content (AvgIpc) is 2.21. The van der Waals surface area contributed by atoms with E-state index in [1.54, 1.807) is 0 Å². The van der Waals surface area contributed by atoms with Gasteiger partial charge in [-0.15, -0.1) is 0 Å². The normalized spacial score (nSPS) is 12.9. The molecule has 0 aromatic carbocycles. The fourth-order valence-electron chi connectivity index (χ4n) is 1.18. The second-order valence-corrected chi connectivity index (χ2v) is 5.29. The number of ether oxygens (including phenoxy) is 1. The molecule has 0 heterocycles. The standard InChI is InChI=1S/C11H23NO2S/c1-9(2)5-4-7-15-8-6-10(12)11(13)14-3/h9-10H,4-8,12H2,1-3H3. The Labute approximate surface area is 97.1 Å². The van der Waals surface area contributed by atoms with Crippen molar-refractivity contribution < 1.29 is 9.53 Å². The van der Waals surface area contributed by atoms with E-state index in [4.69, 9.17) is 5.73 Å². The van der Waals surface area contributed by atoms with Crippen LogP contribution in [0.15, 0.2) is 0 Å². The molecule has 0 aliphatic rings. The molecule has 0 bridgehead atoms. The van der Waals surface area contributed by atoms with Crippen LogP contribution >= 0.6 is 11.8 Å². The first kappa shape index (κ1) is 14.8. The highest BCUT2D eigenvalue weighted by molar-refractivity contribution is 7.99. The predicted molar refractivity (Wildman–Crippen MR) is 66.0 cm³/mol. The summed E-state index contributed by atoms with van der Waals surface area (Å²) in [4.78, 5) is 11.0. The molecule has 0 aromatic rings. The number of esters is 1. The van der Waals surface area contributed by atoms with Gasteiger partial charge in [0.15, 0.2) is 0 Å². The number of nitrogens with two attached hydrogens (primary N) is 1. The molecular formula is C11H23NO2S. The van der Waals surface area contributed by atoms with E-state index >= 15 is 0 Å². The van der Waals surface area contributed by atoms with E-state index in [0.717, 1.165) is 17.4 Å². The number of rotatable bonds is 8. The maximum Gasteiger partial charge on any atom is 0.322 e. The van der Waals surface area contributed by atoms with Gasteiger partial charge in [0, 0.05) is 0 Å². The van der Waals surface area contributed by atoms with E-state index in [1.807, 2.05) is 11.8 Å². The molecule has 0 rings (SSSR count). The highest BCUT2D eigenvalue weighted by Gasteiger charge is 2.12. The van der Waals surface area contributed by atoms with Crippen molar-refractivity contribution in [2.24, 2.45) is 11.7 Å². The lowest BCUT2D eigenvalue weighted by molar-refractivity contribution is -0.142. The van der Waals surface area contributed by atoms with Crippen molar-refractivity contribution in [3.05, 3.63) is 0 Å². The molecule has 0 aliphatic carbocycles. The fourth-order valence-corrected chi connectivity index (χ4v) is 2.17. The SMILES string of the molecule is COC(=O)C(N)CCSCCCC(C)C. The zero-order valence-electron chi connectivity index (χ0n) is 9.99. The van der Waals surface area contributed by atoms with Gasteiger partial charge in [-0.2, -0.15) is 11.8 Å². The van der Waals surface area contributed by atoms with Crippen LogP contribution in [0.25, 0.3) is 0 Å². The third-order valence-electron chi connectivity index (χ3n) is 2.15. The number of hydrogen-bond acceptors (Lipinski definition) is 4.